The Balaban J connectivity index is 1.93. The maximum Gasteiger partial charge on any atom is 0.227 e. The first-order valence-corrected chi connectivity index (χ1v) is 8.34. The van der Waals surface area contributed by atoms with Crippen LogP contribution in [0, 0.1) is 6.92 Å². The molecule has 3 nitrogen and oxygen atoms in total. The van der Waals surface area contributed by atoms with Crippen molar-refractivity contribution in [2.45, 2.75) is 58.5 Å². The van der Waals surface area contributed by atoms with Crippen molar-refractivity contribution in [3.8, 4) is 0 Å². The number of aromatic nitrogens is 1. The van der Waals surface area contributed by atoms with E-state index in [0.717, 1.165) is 12.8 Å². The Morgan fingerprint density at radius 2 is 1.82 bits per heavy atom. The Hall–Kier alpha value is -1.77. The van der Waals surface area contributed by atoms with E-state index in [-0.39, 0.29) is 5.91 Å². The molecule has 3 rings (SSSR count). The van der Waals surface area contributed by atoms with Gasteiger partial charge in [0.25, 0.3) is 0 Å². The van der Waals surface area contributed by atoms with Gasteiger partial charge in [0.2, 0.25) is 5.91 Å². The molecule has 2 aromatic rings. The quantitative estimate of drug-likeness (QED) is 0.827. The molecule has 2 heterocycles. The molecule has 0 saturated carbocycles. The average Bonchev–Trinajstić information content (AvgIpc) is 2.73. The lowest BCUT2D eigenvalue weighted by Gasteiger charge is -2.39. The normalized spacial score (nSPS) is 22.3. The summed E-state index contributed by atoms with van der Waals surface area (Å²) in [6.07, 6.45) is 4.01. The van der Waals surface area contributed by atoms with Crippen LogP contribution in [-0.2, 0) is 18.3 Å². The number of fused-ring (bicyclic) bond motifs is 1. The Morgan fingerprint density at radius 1 is 1.18 bits per heavy atom. The molecule has 22 heavy (non-hydrogen) atoms. The Kier molecular flexibility index (Phi) is 3.98. The fourth-order valence-electron chi connectivity index (χ4n) is 3.98. The molecule has 1 aliphatic heterocycles. The predicted octanol–water partition coefficient (Wildman–Crippen LogP) is 3.82. The zero-order valence-electron chi connectivity index (χ0n) is 14.1. The van der Waals surface area contributed by atoms with Gasteiger partial charge in [-0.05, 0) is 51.7 Å². The number of carbonyl (C=O) groups excluding carboxylic acids is 1. The largest absolute Gasteiger partial charge is 0.348 e. The van der Waals surface area contributed by atoms with E-state index >= 15 is 0 Å². The molecule has 1 aromatic heterocycles. The van der Waals surface area contributed by atoms with Crippen molar-refractivity contribution < 1.29 is 4.79 Å². The molecule has 1 amide bonds. The SMILES string of the molecule is Cc1c(CC(=O)N2C(C)CCCC2C)c2ccccc2n1C. The van der Waals surface area contributed by atoms with Crippen LogP contribution in [-0.4, -0.2) is 27.5 Å². The van der Waals surface area contributed by atoms with E-state index in [1.807, 2.05) is 0 Å². The van der Waals surface area contributed by atoms with Crippen molar-refractivity contribution in [2.75, 3.05) is 0 Å². The molecule has 0 aliphatic carbocycles. The number of amides is 1. The molecule has 2 atom stereocenters. The second-order valence-corrected chi connectivity index (χ2v) is 6.75. The van der Waals surface area contributed by atoms with Crippen LogP contribution < -0.4 is 0 Å². The van der Waals surface area contributed by atoms with Crippen molar-refractivity contribution >= 4 is 16.8 Å². The van der Waals surface area contributed by atoms with E-state index < -0.39 is 0 Å². The molecule has 0 bridgehead atoms. The van der Waals surface area contributed by atoms with Crippen molar-refractivity contribution in [3.63, 3.8) is 0 Å². The Bertz CT molecular complexity index is 691. The van der Waals surface area contributed by atoms with Gasteiger partial charge in [-0.2, -0.15) is 0 Å². The summed E-state index contributed by atoms with van der Waals surface area (Å²) in [7, 11) is 2.08. The summed E-state index contributed by atoms with van der Waals surface area (Å²) in [4.78, 5) is 15.0. The third-order valence-electron chi connectivity index (χ3n) is 5.34. The highest BCUT2D eigenvalue weighted by atomic mass is 16.2. The minimum Gasteiger partial charge on any atom is -0.348 e. The maximum absolute atomic E-state index is 12.9. The summed E-state index contributed by atoms with van der Waals surface area (Å²) in [5.41, 5.74) is 3.60. The highest BCUT2D eigenvalue weighted by molar-refractivity contribution is 5.90. The molecule has 2 unspecified atom stereocenters. The zero-order valence-corrected chi connectivity index (χ0v) is 14.1. The van der Waals surface area contributed by atoms with Gasteiger partial charge in [-0.1, -0.05) is 18.2 Å². The van der Waals surface area contributed by atoms with Gasteiger partial charge < -0.3 is 9.47 Å². The minimum atomic E-state index is 0.277. The first-order chi connectivity index (χ1) is 10.5. The standard InChI is InChI=1S/C19H26N2O/c1-13-8-7-9-14(2)21(13)19(22)12-17-15(3)20(4)18-11-6-5-10-16(17)18/h5-6,10-11,13-14H,7-9,12H2,1-4H3. The van der Waals surface area contributed by atoms with Crippen molar-refractivity contribution in [1.29, 1.82) is 0 Å². The van der Waals surface area contributed by atoms with Gasteiger partial charge in [0.15, 0.2) is 0 Å². The van der Waals surface area contributed by atoms with E-state index in [0.29, 0.717) is 18.5 Å². The van der Waals surface area contributed by atoms with Crippen LogP contribution in [0.15, 0.2) is 24.3 Å². The summed E-state index contributed by atoms with van der Waals surface area (Å²) >= 11 is 0. The molecular weight excluding hydrogens is 272 g/mol. The van der Waals surface area contributed by atoms with Crippen molar-refractivity contribution in [2.24, 2.45) is 7.05 Å². The monoisotopic (exact) mass is 298 g/mol. The van der Waals surface area contributed by atoms with Gasteiger partial charge in [0.05, 0.1) is 6.42 Å². The Labute approximate surface area is 132 Å². The summed E-state index contributed by atoms with van der Waals surface area (Å²) in [5, 5.41) is 1.22. The molecule has 1 saturated heterocycles. The van der Waals surface area contributed by atoms with Crippen LogP contribution in [0.2, 0.25) is 0 Å². The summed E-state index contributed by atoms with van der Waals surface area (Å²) < 4.78 is 2.20. The molecule has 1 aromatic carbocycles. The van der Waals surface area contributed by atoms with Crippen LogP contribution in [0.5, 0.6) is 0 Å². The van der Waals surface area contributed by atoms with Gasteiger partial charge in [-0.25, -0.2) is 0 Å². The number of aryl methyl sites for hydroxylation is 1. The van der Waals surface area contributed by atoms with E-state index in [1.54, 1.807) is 0 Å². The number of carbonyl (C=O) groups is 1. The first kappa shape index (κ1) is 15.1. The van der Waals surface area contributed by atoms with E-state index in [2.05, 4.69) is 61.6 Å². The summed E-state index contributed by atoms with van der Waals surface area (Å²) in [6, 6.07) is 9.11. The third kappa shape index (κ3) is 2.43. The van der Waals surface area contributed by atoms with E-state index in [9.17, 15) is 4.79 Å². The molecule has 0 spiro atoms. The van der Waals surface area contributed by atoms with E-state index in [1.165, 1.54) is 28.6 Å². The van der Waals surface area contributed by atoms with Crippen LogP contribution in [0.1, 0.15) is 44.4 Å². The number of piperidine rings is 1. The fourth-order valence-corrected chi connectivity index (χ4v) is 3.98. The lowest BCUT2D eigenvalue weighted by Crippen LogP contribution is -2.48. The molecule has 1 aliphatic rings. The molecule has 0 N–H and O–H groups in total. The average molecular weight is 298 g/mol. The first-order valence-electron chi connectivity index (χ1n) is 8.34. The topological polar surface area (TPSA) is 25.2 Å². The molecular formula is C19H26N2O. The van der Waals surface area contributed by atoms with Gasteiger partial charge in [-0.3, -0.25) is 4.79 Å². The molecule has 118 valence electrons. The van der Waals surface area contributed by atoms with Gasteiger partial charge >= 0.3 is 0 Å². The summed E-state index contributed by atoms with van der Waals surface area (Å²) in [6.45, 7) is 6.48. The van der Waals surface area contributed by atoms with Crippen LogP contribution in [0.3, 0.4) is 0 Å². The third-order valence-corrected chi connectivity index (χ3v) is 5.34. The highest BCUT2D eigenvalue weighted by Gasteiger charge is 2.29. The second-order valence-electron chi connectivity index (χ2n) is 6.75. The summed E-state index contributed by atoms with van der Waals surface area (Å²) in [5.74, 6) is 0.277. The van der Waals surface area contributed by atoms with E-state index in [4.69, 9.17) is 0 Å². The number of benzene rings is 1. The van der Waals surface area contributed by atoms with Gasteiger partial charge in [0, 0.05) is 35.7 Å². The fraction of sp³-hybridized carbons (Fsp3) is 0.526. The van der Waals surface area contributed by atoms with Crippen molar-refractivity contribution in [3.05, 3.63) is 35.5 Å². The molecule has 3 heteroatoms. The predicted molar refractivity (Wildman–Crippen MR) is 91.0 cm³/mol. The molecule has 0 radical (unpaired) electrons. The number of likely N-dealkylation sites (tertiary alicyclic amines) is 1. The maximum atomic E-state index is 12.9. The zero-order chi connectivity index (χ0) is 15.9. The second kappa shape index (κ2) is 5.79. The number of hydrogen-bond donors (Lipinski definition) is 0. The minimum absolute atomic E-state index is 0.277. The number of rotatable bonds is 2. The van der Waals surface area contributed by atoms with Crippen LogP contribution >= 0.6 is 0 Å². The Morgan fingerprint density at radius 3 is 2.50 bits per heavy atom. The smallest absolute Gasteiger partial charge is 0.227 e. The lowest BCUT2D eigenvalue weighted by molar-refractivity contribution is -0.136. The highest BCUT2D eigenvalue weighted by Crippen LogP contribution is 2.28. The number of para-hydroxylation sites is 1. The van der Waals surface area contributed by atoms with Gasteiger partial charge in [0.1, 0.15) is 0 Å². The van der Waals surface area contributed by atoms with Crippen LogP contribution in [0.4, 0.5) is 0 Å². The lowest BCUT2D eigenvalue weighted by atomic mass is 9.96. The van der Waals surface area contributed by atoms with Crippen molar-refractivity contribution in [1.82, 2.24) is 9.47 Å². The number of hydrogen-bond acceptors (Lipinski definition) is 1. The van der Waals surface area contributed by atoms with Crippen LogP contribution in [0.25, 0.3) is 10.9 Å². The van der Waals surface area contributed by atoms with Gasteiger partial charge in [-0.15, -0.1) is 0 Å². The number of nitrogens with zero attached hydrogens (tertiary/aromatic N) is 2. The molecule has 1 fully saturated rings.